The summed E-state index contributed by atoms with van der Waals surface area (Å²) in [6.07, 6.45) is -2.21. The highest BCUT2D eigenvalue weighted by Gasteiger charge is 2.30. The molecule has 2 aromatic heterocycles. The summed E-state index contributed by atoms with van der Waals surface area (Å²) in [5.74, 6) is -0.0218. The normalized spacial score (nSPS) is 11.8. The van der Waals surface area contributed by atoms with Crippen LogP contribution in [0.3, 0.4) is 0 Å². The molecule has 0 bridgehead atoms. The molecule has 0 atom stereocenters. The lowest BCUT2D eigenvalue weighted by Crippen LogP contribution is -2.03. The number of aromatic nitrogens is 2. The molecule has 170 valence electrons. The average molecular weight is 472 g/mol. The van der Waals surface area contributed by atoms with E-state index in [1.165, 1.54) is 12.1 Å². The first kappa shape index (κ1) is 22.8. The Morgan fingerprint density at radius 2 is 1.85 bits per heavy atom. The molecule has 33 heavy (non-hydrogen) atoms. The Labute approximate surface area is 191 Å². The van der Waals surface area contributed by atoms with Crippen LogP contribution in [-0.4, -0.2) is 21.0 Å². The lowest BCUT2D eigenvalue weighted by Gasteiger charge is -2.08. The van der Waals surface area contributed by atoms with Crippen LogP contribution in [0.1, 0.15) is 28.7 Å². The van der Waals surface area contributed by atoms with E-state index in [9.17, 15) is 18.0 Å². The van der Waals surface area contributed by atoms with Crippen LogP contribution in [0.4, 0.5) is 13.2 Å². The van der Waals surface area contributed by atoms with Crippen molar-refractivity contribution in [2.24, 2.45) is 0 Å². The number of carboxylic acids is 1. The summed E-state index contributed by atoms with van der Waals surface area (Å²) in [5, 5.41) is 8.87. The lowest BCUT2D eigenvalue weighted by molar-refractivity contribution is -0.138. The molecule has 0 saturated carbocycles. The third-order valence-electron chi connectivity index (χ3n) is 5.16. The molecule has 2 aromatic carbocycles. The second-order valence-electron chi connectivity index (χ2n) is 7.49. The van der Waals surface area contributed by atoms with Gasteiger partial charge in [-0.25, -0.2) is 9.97 Å². The van der Waals surface area contributed by atoms with Crippen molar-refractivity contribution < 1.29 is 27.5 Å². The van der Waals surface area contributed by atoms with Crippen molar-refractivity contribution in [3.8, 4) is 11.5 Å². The van der Waals surface area contributed by atoms with Gasteiger partial charge in [0.05, 0.1) is 5.56 Å². The van der Waals surface area contributed by atoms with Gasteiger partial charge in [-0.15, -0.1) is 11.8 Å². The van der Waals surface area contributed by atoms with Gasteiger partial charge >= 0.3 is 12.1 Å². The molecule has 0 fully saturated rings. The number of hydrogen-bond acceptors (Lipinski definition) is 5. The zero-order chi connectivity index (χ0) is 23.6. The van der Waals surface area contributed by atoms with E-state index in [2.05, 4.69) is 9.97 Å². The molecule has 4 aromatic rings. The van der Waals surface area contributed by atoms with Crippen LogP contribution in [0.2, 0.25) is 0 Å². The maximum atomic E-state index is 12.8. The van der Waals surface area contributed by atoms with Gasteiger partial charge in [0, 0.05) is 28.8 Å². The topological polar surface area (TPSA) is 76.2 Å². The number of halogens is 3. The number of aliphatic carboxylic acids is 1. The number of carbonyl (C=O) groups is 1. The highest BCUT2D eigenvalue weighted by molar-refractivity contribution is 7.98. The Balaban J connectivity index is 1.52. The lowest BCUT2D eigenvalue weighted by atomic mass is 10.0. The molecule has 9 heteroatoms. The average Bonchev–Trinajstić information content (AvgIpc) is 3.21. The minimum Gasteiger partial charge on any atom is -0.481 e. The second kappa shape index (κ2) is 9.27. The molecular formula is C24H19F3N2O3S. The van der Waals surface area contributed by atoms with Gasteiger partial charge < -0.3 is 9.52 Å². The molecule has 0 unspecified atom stereocenters. The van der Waals surface area contributed by atoms with Crippen LogP contribution in [0.25, 0.3) is 22.7 Å². The van der Waals surface area contributed by atoms with E-state index in [1.54, 1.807) is 18.0 Å². The summed E-state index contributed by atoms with van der Waals surface area (Å²) < 4.78 is 44.1. The van der Waals surface area contributed by atoms with Gasteiger partial charge in [-0.1, -0.05) is 6.07 Å². The maximum Gasteiger partial charge on any atom is 0.416 e. The number of benzene rings is 2. The van der Waals surface area contributed by atoms with Crippen LogP contribution in [0.15, 0.2) is 64.0 Å². The second-order valence-corrected chi connectivity index (χ2v) is 8.54. The van der Waals surface area contributed by atoms with Crippen molar-refractivity contribution in [3.63, 3.8) is 0 Å². The van der Waals surface area contributed by atoms with E-state index in [4.69, 9.17) is 9.52 Å². The summed E-state index contributed by atoms with van der Waals surface area (Å²) in [5.41, 5.74) is 3.52. The summed E-state index contributed by atoms with van der Waals surface area (Å²) in [7, 11) is 0. The highest BCUT2D eigenvalue weighted by Crippen LogP contribution is 2.33. The largest absolute Gasteiger partial charge is 0.481 e. The molecule has 0 aliphatic carbocycles. The Morgan fingerprint density at radius 3 is 2.52 bits per heavy atom. The Bertz CT molecular complexity index is 1300. The van der Waals surface area contributed by atoms with Gasteiger partial charge in [-0.3, -0.25) is 4.79 Å². The summed E-state index contributed by atoms with van der Waals surface area (Å²) in [6, 6.07) is 12.4. The minimum atomic E-state index is -4.40. The van der Waals surface area contributed by atoms with E-state index in [0.29, 0.717) is 29.0 Å². The van der Waals surface area contributed by atoms with Gasteiger partial charge in [0.15, 0.2) is 0 Å². The number of fused-ring (bicyclic) bond motifs is 1. The number of rotatable bonds is 7. The van der Waals surface area contributed by atoms with E-state index in [0.717, 1.165) is 33.7 Å². The third kappa shape index (κ3) is 5.36. The number of carboxylic acid groups (broad SMARTS) is 1. The highest BCUT2D eigenvalue weighted by atomic mass is 32.2. The molecule has 0 amide bonds. The first-order valence-electron chi connectivity index (χ1n) is 10.1. The third-order valence-corrected chi connectivity index (χ3v) is 6.20. The Morgan fingerprint density at radius 1 is 1.09 bits per heavy atom. The summed E-state index contributed by atoms with van der Waals surface area (Å²) in [4.78, 5) is 20.5. The number of aryl methyl sites for hydroxylation is 2. The molecule has 5 nitrogen and oxygen atoms in total. The first-order valence-corrected chi connectivity index (χ1v) is 11.1. The number of hydrogen-bond donors (Lipinski definition) is 1. The maximum absolute atomic E-state index is 12.8. The smallest absolute Gasteiger partial charge is 0.416 e. The molecule has 0 spiro atoms. The predicted molar refractivity (Wildman–Crippen MR) is 119 cm³/mol. The molecule has 4 rings (SSSR count). The van der Waals surface area contributed by atoms with Crippen LogP contribution >= 0.6 is 11.8 Å². The Kier molecular flexibility index (Phi) is 6.42. The van der Waals surface area contributed by atoms with Gasteiger partial charge in [0.1, 0.15) is 5.52 Å². The van der Waals surface area contributed by atoms with E-state index in [-0.39, 0.29) is 12.3 Å². The monoisotopic (exact) mass is 472 g/mol. The van der Waals surface area contributed by atoms with Crippen LogP contribution in [0, 0.1) is 6.92 Å². The molecular weight excluding hydrogens is 453 g/mol. The quantitative estimate of drug-likeness (QED) is 0.308. The van der Waals surface area contributed by atoms with Crippen LogP contribution in [0.5, 0.6) is 0 Å². The van der Waals surface area contributed by atoms with Crippen molar-refractivity contribution in [1.82, 2.24) is 9.97 Å². The standard InChI is InChI=1S/C24H19F3N2O3S/c1-14-12-19(8-4-15(14)5-9-20(30)31)33-13-17-10-11-28-23-21(17)29-22(32-23)16-2-6-18(7-3-16)24(25,26)27/h2-4,6-8,10-12H,5,9,13H2,1H3,(H,30,31). The fourth-order valence-corrected chi connectivity index (χ4v) is 4.35. The van der Waals surface area contributed by atoms with Crippen molar-refractivity contribution in [3.05, 3.63) is 77.0 Å². The number of nitrogens with zero attached hydrogens (tertiary/aromatic N) is 2. The zero-order valence-electron chi connectivity index (χ0n) is 17.5. The molecule has 0 aliphatic heterocycles. The van der Waals surface area contributed by atoms with E-state index >= 15 is 0 Å². The number of alkyl halides is 3. The number of pyridine rings is 1. The van der Waals surface area contributed by atoms with Crippen LogP contribution < -0.4 is 0 Å². The van der Waals surface area contributed by atoms with Crippen molar-refractivity contribution >= 4 is 29.0 Å². The molecule has 0 radical (unpaired) electrons. The van der Waals surface area contributed by atoms with E-state index < -0.39 is 17.7 Å². The fraction of sp³-hybridized carbons (Fsp3) is 0.208. The molecule has 1 N–H and O–H groups in total. The predicted octanol–water partition coefficient (Wildman–Crippen LogP) is 6.53. The number of thioether (sulfide) groups is 1. The molecule has 0 saturated heterocycles. The van der Waals surface area contributed by atoms with E-state index in [1.807, 2.05) is 31.2 Å². The number of oxazole rings is 1. The Hall–Kier alpha value is -3.33. The van der Waals surface area contributed by atoms with Crippen LogP contribution in [-0.2, 0) is 23.1 Å². The van der Waals surface area contributed by atoms with Gasteiger partial charge in [-0.05, 0) is 72.5 Å². The SMILES string of the molecule is Cc1cc(SCc2ccnc3oc(-c4ccc(C(F)(F)F)cc4)nc23)ccc1CCC(=O)O. The zero-order valence-corrected chi connectivity index (χ0v) is 18.3. The summed E-state index contributed by atoms with van der Waals surface area (Å²) in [6.45, 7) is 1.96. The van der Waals surface area contributed by atoms with Gasteiger partial charge in [0.25, 0.3) is 0 Å². The van der Waals surface area contributed by atoms with Crippen molar-refractivity contribution in [2.75, 3.05) is 0 Å². The van der Waals surface area contributed by atoms with Gasteiger partial charge in [-0.2, -0.15) is 13.2 Å². The first-order chi connectivity index (χ1) is 15.7. The molecule has 0 aliphatic rings. The summed E-state index contributed by atoms with van der Waals surface area (Å²) >= 11 is 1.59. The fourth-order valence-electron chi connectivity index (χ4n) is 3.37. The van der Waals surface area contributed by atoms with Crippen molar-refractivity contribution in [1.29, 1.82) is 0 Å². The van der Waals surface area contributed by atoms with Crippen molar-refractivity contribution in [2.45, 2.75) is 36.6 Å². The minimum absolute atomic E-state index is 0.0930. The molecule has 2 heterocycles. The van der Waals surface area contributed by atoms with Gasteiger partial charge in [0.2, 0.25) is 11.6 Å².